The molecule has 1 aliphatic heterocycles. The van der Waals surface area contributed by atoms with Gasteiger partial charge in [-0.1, -0.05) is 6.07 Å². The molecule has 2 atom stereocenters. The maximum atomic E-state index is 4.43. The molecule has 2 unspecified atom stereocenters. The third-order valence-corrected chi connectivity index (χ3v) is 3.36. The summed E-state index contributed by atoms with van der Waals surface area (Å²) in [5.74, 6) is 0.785. The van der Waals surface area contributed by atoms with Gasteiger partial charge in [0.1, 0.15) is 0 Å². The van der Waals surface area contributed by atoms with Gasteiger partial charge in [0.25, 0.3) is 0 Å². The van der Waals surface area contributed by atoms with Crippen LogP contribution in [0.4, 0.5) is 0 Å². The van der Waals surface area contributed by atoms with Gasteiger partial charge in [0, 0.05) is 12.2 Å². The van der Waals surface area contributed by atoms with Crippen molar-refractivity contribution in [1.82, 2.24) is 15.6 Å². The molecule has 2 N–H and O–H groups in total. The van der Waals surface area contributed by atoms with Gasteiger partial charge in [-0.3, -0.25) is 4.98 Å². The van der Waals surface area contributed by atoms with Crippen molar-refractivity contribution in [2.45, 2.75) is 25.3 Å². The average Bonchev–Trinajstić information content (AvgIpc) is 2.38. The Balaban J connectivity index is 1.94. The summed E-state index contributed by atoms with van der Waals surface area (Å²) in [6.07, 6.45) is 5.71. The lowest BCUT2D eigenvalue weighted by Crippen LogP contribution is -2.32. The van der Waals surface area contributed by atoms with Crippen LogP contribution in [0.2, 0.25) is 0 Å². The quantitative estimate of drug-likeness (QED) is 0.810. The standard InChI is InChI=1S/C13H21N3/c1-14-13(12-6-2-3-8-16-12)9-11-5-4-7-15-10-11/h2-3,6,8,11,13-15H,4-5,7,9-10H2,1H3. The van der Waals surface area contributed by atoms with Gasteiger partial charge in [-0.25, -0.2) is 0 Å². The monoisotopic (exact) mass is 219 g/mol. The molecule has 88 valence electrons. The van der Waals surface area contributed by atoms with Crippen LogP contribution in [0.5, 0.6) is 0 Å². The van der Waals surface area contributed by atoms with Gasteiger partial charge in [0.05, 0.1) is 5.69 Å². The van der Waals surface area contributed by atoms with E-state index in [1.54, 1.807) is 0 Å². The number of nitrogens with zero attached hydrogens (tertiary/aromatic N) is 1. The van der Waals surface area contributed by atoms with E-state index >= 15 is 0 Å². The van der Waals surface area contributed by atoms with Gasteiger partial charge in [-0.15, -0.1) is 0 Å². The minimum absolute atomic E-state index is 0.395. The highest BCUT2D eigenvalue weighted by molar-refractivity contribution is 5.08. The summed E-state index contributed by atoms with van der Waals surface area (Å²) in [4.78, 5) is 4.43. The van der Waals surface area contributed by atoms with Crippen molar-refractivity contribution in [3.63, 3.8) is 0 Å². The fraction of sp³-hybridized carbons (Fsp3) is 0.615. The normalized spacial score (nSPS) is 22.9. The largest absolute Gasteiger partial charge is 0.316 e. The van der Waals surface area contributed by atoms with E-state index < -0.39 is 0 Å². The molecule has 2 rings (SSSR count). The molecule has 0 bridgehead atoms. The number of aromatic nitrogens is 1. The fourth-order valence-electron chi connectivity index (χ4n) is 2.43. The zero-order valence-corrected chi connectivity index (χ0v) is 9.95. The summed E-state index contributed by atoms with van der Waals surface area (Å²) in [7, 11) is 2.02. The predicted octanol–water partition coefficient (Wildman–Crippen LogP) is 1.73. The van der Waals surface area contributed by atoms with Crippen molar-refractivity contribution in [2.75, 3.05) is 20.1 Å². The number of rotatable bonds is 4. The molecule has 1 saturated heterocycles. The van der Waals surface area contributed by atoms with Crippen LogP contribution < -0.4 is 10.6 Å². The van der Waals surface area contributed by atoms with E-state index in [1.807, 2.05) is 19.3 Å². The van der Waals surface area contributed by atoms with Crippen molar-refractivity contribution in [1.29, 1.82) is 0 Å². The Morgan fingerprint density at radius 3 is 3.12 bits per heavy atom. The predicted molar refractivity (Wildman–Crippen MR) is 66.2 cm³/mol. The molecule has 16 heavy (non-hydrogen) atoms. The SMILES string of the molecule is CNC(CC1CCCNC1)c1ccccn1. The van der Waals surface area contributed by atoms with E-state index in [2.05, 4.69) is 27.8 Å². The van der Waals surface area contributed by atoms with E-state index in [-0.39, 0.29) is 0 Å². The zero-order chi connectivity index (χ0) is 11.2. The molecule has 1 aromatic heterocycles. The molecule has 3 nitrogen and oxygen atoms in total. The molecular formula is C13H21N3. The molecule has 0 radical (unpaired) electrons. The highest BCUT2D eigenvalue weighted by atomic mass is 14.9. The summed E-state index contributed by atoms with van der Waals surface area (Å²) < 4.78 is 0. The fourth-order valence-corrected chi connectivity index (χ4v) is 2.43. The first-order chi connectivity index (χ1) is 7.90. The smallest absolute Gasteiger partial charge is 0.0573 e. The Kier molecular flexibility index (Phi) is 4.31. The maximum Gasteiger partial charge on any atom is 0.0573 e. The molecule has 3 heteroatoms. The van der Waals surface area contributed by atoms with Gasteiger partial charge in [0.15, 0.2) is 0 Å². The first kappa shape index (κ1) is 11.6. The maximum absolute atomic E-state index is 4.43. The molecule has 0 spiro atoms. The third kappa shape index (κ3) is 3.03. The van der Waals surface area contributed by atoms with Crippen LogP contribution >= 0.6 is 0 Å². The highest BCUT2D eigenvalue weighted by Gasteiger charge is 2.19. The minimum atomic E-state index is 0.395. The van der Waals surface area contributed by atoms with Crippen molar-refractivity contribution >= 4 is 0 Å². The zero-order valence-electron chi connectivity index (χ0n) is 9.95. The number of hydrogen-bond donors (Lipinski definition) is 2. The molecule has 1 aliphatic rings. The molecule has 0 aromatic carbocycles. The van der Waals surface area contributed by atoms with E-state index in [0.717, 1.165) is 18.2 Å². The van der Waals surface area contributed by atoms with Gasteiger partial charge in [-0.2, -0.15) is 0 Å². The van der Waals surface area contributed by atoms with Gasteiger partial charge in [0.2, 0.25) is 0 Å². The van der Waals surface area contributed by atoms with Gasteiger partial charge in [-0.05, 0) is 57.5 Å². The number of nitrogens with one attached hydrogen (secondary N) is 2. The van der Waals surface area contributed by atoms with Crippen molar-refractivity contribution in [2.24, 2.45) is 5.92 Å². The van der Waals surface area contributed by atoms with E-state index in [9.17, 15) is 0 Å². The summed E-state index contributed by atoms with van der Waals surface area (Å²) in [5, 5.41) is 6.84. The third-order valence-electron chi connectivity index (χ3n) is 3.36. The lowest BCUT2D eigenvalue weighted by atomic mass is 9.91. The van der Waals surface area contributed by atoms with Crippen LogP contribution in [0.3, 0.4) is 0 Å². The van der Waals surface area contributed by atoms with Crippen LogP contribution in [-0.2, 0) is 0 Å². The van der Waals surface area contributed by atoms with E-state index in [1.165, 1.54) is 25.8 Å². The topological polar surface area (TPSA) is 37.0 Å². The van der Waals surface area contributed by atoms with Gasteiger partial charge >= 0.3 is 0 Å². The Labute approximate surface area is 97.7 Å². The Morgan fingerprint density at radius 2 is 2.50 bits per heavy atom. The van der Waals surface area contributed by atoms with Crippen LogP contribution in [0.1, 0.15) is 31.0 Å². The first-order valence-corrected chi connectivity index (χ1v) is 6.19. The molecule has 0 saturated carbocycles. The Morgan fingerprint density at radius 1 is 1.56 bits per heavy atom. The second kappa shape index (κ2) is 5.97. The lowest BCUT2D eigenvalue weighted by molar-refractivity contribution is 0.319. The summed E-state index contributed by atoms with van der Waals surface area (Å²) in [6, 6.07) is 6.54. The van der Waals surface area contributed by atoms with E-state index in [4.69, 9.17) is 0 Å². The molecule has 0 amide bonds. The molecule has 1 aromatic rings. The number of pyridine rings is 1. The minimum Gasteiger partial charge on any atom is -0.316 e. The Hall–Kier alpha value is -0.930. The van der Waals surface area contributed by atoms with Crippen LogP contribution in [0.15, 0.2) is 24.4 Å². The molecule has 0 aliphatic carbocycles. The van der Waals surface area contributed by atoms with Gasteiger partial charge < -0.3 is 10.6 Å². The number of hydrogen-bond acceptors (Lipinski definition) is 3. The summed E-state index contributed by atoms with van der Waals surface area (Å²) in [6.45, 7) is 2.34. The second-order valence-electron chi connectivity index (χ2n) is 4.54. The molecular weight excluding hydrogens is 198 g/mol. The lowest BCUT2D eigenvalue weighted by Gasteiger charge is -2.26. The van der Waals surface area contributed by atoms with Crippen molar-refractivity contribution in [3.8, 4) is 0 Å². The summed E-state index contributed by atoms with van der Waals surface area (Å²) >= 11 is 0. The van der Waals surface area contributed by atoms with Crippen LogP contribution in [0, 0.1) is 5.92 Å². The first-order valence-electron chi connectivity index (χ1n) is 6.19. The Bertz CT molecular complexity index is 293. The summed E-state index contributed by atoms with van der Waals surface area (Å²) in [5.41, 5.74) is 1.16. The van der Waals surface area contributed by atoms with Crippen LogP contribution in [0.25, 0.3) is 0 Å². The van der Waals surface area contributed by atoms with Crippen molar-refractivity contribution < 1.29 is 0 Å². The van der Waals surface area contributed by atoms with Crippen LogP contribution in [-0.4, -0.2) is 25.1 Å². The molecule has 1 fully saturated rings. The van der Waals surface area contributed by atoms with E-state index in [0.29, 0.717) is 6.04 Å². The highest BCUT2D eigenvalue weighted by Crippen LogP contribution is 2.23. The number of piperidine rings is 1. The average molecular weight is 219 g/mol. The second-order valence-corrected chi connectivity index (χ2v) is 4.54. The van der Waals surface area contributed by atoms with Crippen molar-refractivity contribution in [3.05, 3.63) is 30.1 Å². The molecule has 2 heterocycles.